The maximum Gasteiger partial charge on any atom is 0.328 e. The lowest BCUT2D eigenvalue weighted by atomic mass is 10.0. The van der Waals surface area contributed by atoms with E-state index < -0.39 is 47.5 Å². The topological polar surface area (TPSA) is 336 Å². The highest BCUT2D eigenvalue weighted by Crippen LogP contribution is 2.38. The van der Waals surface area contributed by atoms with Gasteiger partial charge in [-0.05, 0) is 43.4 Å². The van der Waals surface area contributed by atoms with Gasteiger partial charge < -0.3 is 74.2 Å². The number of carbonyl (C=O) groups is 10. The number of aliphatic imine (C=N–C) groups is 1. The van der Waals surface area contributed by atoms with Gasteiger partial charge in [-0.1, -0.05) is 26.0 Å². The van der Waals surface area contributed by atoms with Crippen LogP contribution in [-0.4, -0.2) is 179 Å². The first-order valence-electron chi connectivity index (χ1n) is 27.5. The van der Waals surface area contributed by atoms with E-state index >= 15 is 0 Å². The first kappa shape index (κ1) is 63.1. The molecule has 28 nitrogen and oxygen atoms in total. The van der Waals surface area contributed by atoms with E-state index in [-0.39, 0.29) is 143 Å². The maximum atomic E-state index is 13.4. The minimum atomic E-state index is -0.919. The molecule has 1 unspecified atom stereocenters. The molecule has 3 aliphatic rings. The molecular formula is C57H71N13O15. The Kier molecular flexibility index (Phi) is 22.1. The van der Waals surface area contributed by atoms with Crippen molar-refractivity contribution >= 4 is 88.2 Å². The summed E-state index contributed by atoms with van der Waals surface area (Å²) in [5, 5.41) is 16.3. The smallest absolute Gasteiger partial charge is 0.328 e. The van der Waals surface area contributed by atoms with Crippen LogP contribution in [-0.2, 0) is 64.1 Å². The number of nitrogens with one attached hydrogen (secondary N) is 6. The SMILES string of the molecule is C=C1C[C@H]2C=Nc3cc(OCCCC(=O)Nc4cn(C)c(C(=O)Nc5cc(C(=O)Nc6cc(C(=O)NCCCOC(=O)C(NC(=O)CCOCCOCCNC(=O)CCN7C(=O)C=CC7=O)C(C)C)n(C)c6)n(C)c5)n4)c(OC)cc3C(=O)N2C1. The van der Waals surface area contributed by atoms with Gasteiger partial charge in [-0.3, -0.25) is 53.0 Å². The molecule has 1 fully saturated rings. The molecule has 4 aromatic rings. The van der Waals surface area contributed by atoms with Gasteiger partial charge in [0.05, 0.1) is 75.4 Å². The fraction of sp³-hybridized carbons (Fsp3) is 0.439. The van der Waals surface area contributed by atoms with Gasteiger partial charge in [0.2, 0.25) is 23.5 Å². The number of fused-ring (bicyclic) bond motifs is 2. The third-order valence-electron chi connectivity index (χ3n) is 13.6. The molecule has 0 radical (unpaired) electrons. The van der Waals surface area contributed by atoms with Crippen LogP contribution < -0.4 is 41.4 Å². The maximum absolute atomic E-state index is 13.4. The molecule has 6 heterocycles. The fourth-order valence-electron chi connectivity index (χ4n) is 9.14. The second-order valence-corrected chi connectivity index (χ2v) is 20.5. The lowest BCUT2D eigenvalue weighted by molar-refractivity contribution is -0.149. The number of hydrogen-bond donors (Lipinski definition) is 6. The Hall–Kier alpha value is -9.44. The fourth-order valence-corrected chi connectivity index (χ4v) is 9.14. The van der Waals surface area contributed by atoms with E-state index in [1.807, 2.05) is 0 Å². The average Bonchev–Trinajstić information content (AvgIpc) is 3.41. The van der Waals surface area contributed by atoms with Crippen molar-refractivity contribution < 1.29 is 71.6 Å². The normalized spacial score (nSPS) is 14.6. The number of ether oxygens (including phenoxy) is 5. The predicted octanol–water partition coefficient (Wildman–Crippen LogP) is 2.55. The number of hydrogen-bond acceptors (Lipinski definition) is 17. The quantitative estimate of drug-likeness (QED) is 0.0183. The van der Waals surface area contributed by atoms with Crippen molar-refractivity contribution in [3.63, 3.8) is 0 Å². The summed E-state index contributed by atoms with van der Waals surface area (Å²) in [5.74, 6) is -3.81. The first-order valence-corrected chi connectivity index (χ1v) is 27.5. The Morgan fingerprint density at radius 3 is 2.07 bits per heavy atom. The molecule has 6 N–H and O–H groups in total. The molecule has 0 bridgehead atoms. The van der Waals surface area contributed by atoms with Crippen LogP contribution in [0.1, 0.15) is 94.3 Å². The van der Waals surface area contributed by atoms with E-state index in [0.717, 1.165) is 22.6 Å². The van der Waals surface area contributed by atoms with E-state index in [1.54, 1.807) is 70.6 Å². The van der Waals surface area contributed by atoms with Gasteiger partial charge in [0.25, 0.3) is 35.4 Å². The van der Waals surface area contributed by atoms with E-state index in [0.29, 0.717) is 47.8 Å². The number of anilines is 3. The highest BCUT2D eigenvalue weighted by molar-refractivity contribution is 6.13. The molecule has 1 saturated heterocycles. The molecule has 85 heavy (non-hydrogen) atoms. The number of esters is 1. The third kappa shape index (κ3) is 17.3. The van der Waals surface area contributed by atoms with Crippen LogP contribution >= 0.6 is 0 Å². The summed E-state index contributed by atoms with van der Waals surface area (Å²) >= 11 is 0. The highest BCUT2D eigenvalue weighted by Gasteiger charge is 2.35. The molecule has 1 aromatic carbocycles. The molecule has 28 heteroatoms. The second-order valence-electron chi connectivity index (χ2n) is 20.5. The zero-order valence-electron chi connectivity index (χ0n) is 48.3. The van der Waals surface area contributed by atoms with Gasteiger partial charge in [-0.25, -0.2) is 9.78 Å². The standard InChI is InChI=1S/C57H71N13O15/c1-34(2)51(65-48(73)14-20-82-22-23-83-21-16-58-46(71)13-17-69-49(74)11-12-50(69)75)57(80)85-19-9-15-59-53(76)41-25-36(31-66(41)4)61-54(77)42-26-37(32-67(42)5)62-55(78)52-64-45(33-68(52)6)63-47(72)10-8-18-84-44-28-40-39(27-43(44)81-7)56(79)70-30-35(3)24-38(70)29-60-40/h11-12,25-29,31-34,38,51H,3,8-10,13-24,30H2,1-2,4-7H3,(H,58,71)(H,59,76)(H,61,77)(H,62,78)(H,63,72)(H,65,73)/t38-,51?/m0/s1. The van der Waals surface area contributed by atoms with Crippen molar-refractivity contribution in [3.8, 4) is 11.5 Å². The van der Waals surface area contributed by atoms with Crippen LogP contribution in [0, 0.1) is 5.92 Å². The summed E-state index contributed by atoms with van der Waals surface area (Å²) in [6.45, 7) is 9.13. The van der Waals surface area contributed by atoms with Crippen molar-refractivity contribution in [1.29, 1.82) is 0 Å². The van der Waals surface area contributed by atoms with E-state index in [4.69, 9.17) is 23.7 Å². The molecule has 3 aromatic heterocycles. The first-order chi connectivity index (χ1) is 40.7. The predicted molar refractivity (Wildman–Crippen MR) is 307 cm³/mol. The number of benzene rings is 1. The Balaban J connectivity index is 0.757. The van der Waals surface area contributed by atoms with Gasteiger partial charge in [0.1, 0.15) is 17.4 Å². The second kappa shape index (κ2) is 29.7. The van der Waals surface area contributed by atoms with E-state index in [1.165, 1.54) is 39.1 Å². The van der Waals surface area contributed by atoms with Gasteiger partial charge in [-0.15, -0.1) is 0 Å². The summed E-state index contributed by atoms with van der Waals surface area (Å²) in [4.78, 5) is 138. The monoisotopic (exact) mass is 1180 g/mol. The lowest BCUT2D eigenvalue weighted by Crippen LogP contribution is -2.45. The number of amides is 9. The molecular weight excluding hydrogens is 1110 g/mol. The molecule has 454 valence electrons. The lowest BCUT2D eigenvalue weighted by Gasteiger charge is -2.21. The molecule has 0 spiro atoms. The number of carbonyl (C=O) groups excluding carboxylic acids is 10. The zero-order chi connectivity index (χ0) is 61.3. The largest absolute Gasteiger partial charge is 0.493 e. The summed E-state index contributed by atoms with van der Waals surface area (Å²) in [7, 11) is 6.32. The highest BCUT2D eigenvalue weighted by atomic mass is 16.5. The van der Waals surface area contributed by atoms with Crippen molar-refractivity contribution in [2.24, 2.45) is 32.1 Å². The number of imidazole rings is 1. The number of methoxy groups -OCH3 is 1. The van der Waals surface area contributed by atoms with Gasteiger partial charge in [0.15, 0.2) is 17.3 Å². The van der Waals surface area contributed by atoms with Gasteiger partial charge in [-0.2, -0.15) is 0 Å². The number of nitrogens with zero attached hydrogens (tertiary/aromatic N) is 7. The van der Waals surface area contributed by atoms with Crippen LogP contribution in [0.25, 0.3) is 0 Å². The number of aryl methyl sites for hydroxylation is 3. The van der Waals surface area contributed by atoms with Crippen molar-refractivity contribution in [2.45, 2.75) is 64.5 Å². The molecule has 0 saturated carbocycles. The van der Waals surface area contributed by atoms with Crippen molar-refractivity contribution in [3.05, 3.63) is 89.9 Å². The van der Waals surface area contributed by atoms with Gasteiger partial charge >= 0.3 is 5.97 Å². The molecule has 9 amide bonds. The average molecular weight is 1180 g/mol. The minimum absolute atomic E-state index is 0.0103. The van der Waals surface area contributed by atoms with Crippen LogP contribution in [0.4, 0.5) is 22.9 Å². The van der Waals surface area contributed by atoms with E-state index in [2.05, 4.69) is 48.5 Å². The zero-order valence-corrected chi connectivity index (χ0v) is 48.3. The van der Waals surface area contributed by atoms with Crippen molar-refractivity contribution in [2.75, 3.05) is 88.9 Å². The number of imide groups is 1. The van der Waals surface area contributed by atoms with Crippen LogP contribution in [0.2, 0.25) is 0 Å². The summed E-state index contributed by atoms with van der Waals surface area (Å²) < 4.78 is 32.3. The summed E-state index contributed by atoms with van der Waals surface area (Å²) in [5.41, 5.74) is 2.85. The summed E-state index contributed by atoms with van der Waals surface area (Å²) in [6, 6.07) is 5.15. The third-order valence-corrected chi connectivity index (χ3v) is 13.6. The number of aromatic nitrogens is 4. The van der Waals surface area contributed by atoms with Crippen LogP contribution in [0.3, 0.4) is 0 Å². The Morgan fingerprint density at radius 2 is 1.38 bits per heavy atom. The molecule has 3 aliphatic heterocycles. The van der Waals surface area contributed by atoms with E-state index in [9.17, 15) is 47.9 Å². The Morgan fingerprint density at radius 1 is 0.694 bits per heavy atom. The number of rotatable bonds is 31. The van der Waals surface area contributed by atoms with Crippen LogP contribution in [0.15, 0.2) is 72.2 Å². The molecule has 0 aliphatic carbocycles. The van der Waals surface area contributed by atoms with Crippen molar-refractivity contribution in [1.82, 2.24) is 44.4 Å². The molecule has 7 rings (SSSR count). The van der Waals surface area contributed by atoms with Gasteiger partial charge in [0, 0.05) is 110 Å². The van der Waals surface area contributed by atoms with Crippen LogP contribution in [0.5, 0.6) is 11.5 Å². The summed E-state index contributed by atoms with van der Waals surface area (Å²) in [6.07, 6.45) is 9.91. The minimum Gasteiger partial charge on any atom is -0.493 e. The Labute approximate surface area is 489 Å². The Bertz CT molecular complexity index is 3250. The molecule has 2 atom stereocenters.